The molecule has 0 aliphatic heterocycles. The fraction of sp³-hybridized carbons (Fsp3) is 0.364. The molecule has 80 valence electrons. The third-order valence-electron chi connectivity index (χ3n) is 2.75. The average molecular weight is 214 g/mol. The Hall–Kier alpha value is -1.32. The Morgan fingerprint density at radius 1 is 1.07 bits per heavy atom. The Kier molecular flexibility index (Phi) is 2.50. The molecule has 1 aromatic carbocycles. The van der Waals surface area contributed by atoms with Crippen LogP contribution in [0.5, 0.6) is 0 Å². The van der Waals surface area contributed by atoms with Gasteiger partial charge in [-0.05, 0) is 18.9 Å². The van der Waals surface area contributed by atoms with Gasteiger partial charge in [0.15, 0.2) is 17.4 Å². The van der Waals surface area contributed by atoms with E-state index in [2.05, 4.69) is 0 Å². The van der Waals surface area contributed by atoms with Crippen LogP contribution in [-0.4, -0.2) is 5.78 Å². The Labute approximate surface area is 84.9 Å². The minimum absolute atomic E-state index is 0.218. The van der Waals surface area contributed by atoms with E-state index in [1.807, 2.05) is 0 Å². The molecule has 1 aliphatic rings. The van der Waals surface area contributed by atoms with E-state index in [9.17, 15) is 18.0 Å². The number of ketones is 1. The predicted octanol–water partition coefficient (Wildman–Crippen LogP) is 3.09. The molecule has 0 bridgehead atoms. The van der Waals surface area contributed by atoms with Crippen LogP contribution < -0.4 is 0 Å². The van der Waals surface area contributed by atoms with Gasteiger partial charge in [0.1, 0.15) is 5.82 Å². The van der Waals surface area contributed by atoms with Crippen molar-refractivity contribution in [3.8, 4) is 0 Å². The summed E-state index contributed by atoms with van der Waals surface area (Å²) in [6.45, 7) is 0. The lowest BCUT2D eigenvalue weighted by Gasteiger charge is -2.23. The van der Waals surface area contributed by atoms with E-state index < -0.39 is 23.2 Å². The first-order valence-electron chi connectivity index (χ1n) is 4.78. The van der Waals surface area contributed by atoms with E-state index in [1.165, 1.54) is 0 Å². The second-order valence-corrected chi connectivity index (χ2v) is 3.74. The molecule has 1 aliphatic carbocycles. The summed E-state index contributed by atoms with van der Waals surface area (Å²) in [5.41, 5.74) is -0.335. The third-order valence-corrected chi connectivity index (χ3v) is 2.75. The van der Waals surface area contributed by atoms with Crippen molar-refractivity contribution in [1.82, 2.24) is 0 Å². The van der Waals surface area contributed by atoms with Gasteiger partial charge in [-0.3, -0.25) is 4.79 Å². The zero-order chi connectivity index (χ0) is 11.0. The summed E-state index contributed by atoms with van der Waals surface area (Å²) in [5, 5.41) is 0. The Morgan fingerprint density at radius 3 is 2.20 bits per heavy atom. The van der Waals surface area contributed by atoms with Crippen molar-refractivity contribution in [3.05, 3.63) is 35.1 Å². The first-order valence-corrected chi connectivity index (χ1v) is 4.78. The molecular weight excluding hydrogens is 205 g/mol. The molecule has 15 heavy (non-hydrogen) atoms. The largest absolute Gasteiger partial charge is 0.294 e. The molecule has 2 rings (SSSR count). The van der Waals surface area contributed by atoms with E-state index in [0.29, 0.717) is 25.0 Å². The summed E-state index contributed by atoms with van der Waals surface area (Å²) in [4.78, 5) is 11.6. The molecule has 0 spiro atoms. The summed E-state index contributed by atoms with van der Waals surface area (Å²) in [5.74, 6) is -4.07. The van der Waals surface area contributed by atoms with Crippen molar-refractivity contribution in [2.75, 3.05) is 0 Å². The second kappa shape index (κ2) is 3.68. The monoisotopic (exact) mass is 214 g/mol. The van der Waals surface area contributed by atoms with E-state index in [0.717, 1.165) is 6.42 Å². The van der Waals surface area contributed by atoms with Crippen LogP contribution >= 0.6 is 0 Å². The lowest BCUT2D eigenvalue weighted by molar-refractivity contribution is 0.0850. The van der Waals surface area contributed by atoms with Gasteiger partial charge in [-0.15, -0.1) is 0 Å². The van der Waals surface area contributed by atoms with Crippen LogP contribution in [-0.2, 0) is 0 Å². The number of Topliss-reactive ketones (excluding diaryl/α,β-unsaturated/α-hetero) is 1. The maximum atomic E-state index is 13.2. The van der Waals surface area contributed by atoms with E-state index >= 15 is 0 Å². The fourth-order valence-electron chi connectivity index (χ4n) is 1.60. The summed E-state index contributed by atoms with van der Waals surface area (Å²) < 4.78 is 38.6. The summed E-state index contributed by atoms with van der Waals surface area (Å²) in [7, 11) is 0. The molecule has 1 nitrogen and oxygen atoms in total. The SMILES string of the molecule is O=C(c1cc(F)c(F)cc1F)C1CCC1. The highest BCUT2D eigenvalue weighted by Gasteiger charge is 2.28. The second-order valence-electron chi connectivity index (χ2n) is 3.74. The minimum Gasteiger partial charge on any atom is -0.294 e. The number of carbonyl (C=O) groups excluding carboxylic acids is 1. The lowest BCUT2D eigenvalue weighted by atomic mass is 9.80. The number of rotatable bonds is 2. The molecule has 0 radical (unpaired) electrons. The molecule has 1 saturated carbocycles. The first kappa shape index (κ1) is 10.2. The number of halogens is 3. The molecule has 1 aromatic rings. The lowest BCUT2D eigenvalue weighted by Crippen LogP contribution is -2.23. The van der Waals surface area contributed by atoms with E-state index in [4.69, 9.17) is 0 Å². The first-order chi connectivity index (χ1) is 7.09. The van der Waals surface area contributed by atoms with Crippen molar-refractivity contribution in [2.45, 2.75) is 19.3 Å². The highest BCUT2D eigenvalue weighted by molar-refractivity contribution is 5.98. The van der Waals surface area contributed by atoms with Crippen LogP contribution in [0.1, 0.15) is 29.6 Å². The predicted molar refractivity (Wildman–Crippen MR) is 48.0 cm³/mol. The Bertz CT molecular complexity index is 411. The van der Waals surface area contributed by atoms with Gasteiger partial charge in [0.25, 0.3) is 0 Å². The van der Waals surface area contributed by atoms with Gasteiger partial charge < -0.3 is 0 Å². The molecule has 1 fully saturated rings. The number of hydrogen-bond acceptors (Lipinski definition) is 1. The normalized spacial score (nSPS) is 16.2. The van der Waals surface area contributed by atoms with Crippen LogP contribution in [0, 0.1) is 23.4 Å². The van der Waals surface area contributed by atoms with Gasteiger partial charge in [0, 0.05) is 12.0 Å². The van der Waals surface area contributed by atoms with Crippen molar-refractivity contribution < 1.29 is 18.0 Å². The maximum Gasteiger partial charge on any atom is 0.168 e. The van der Waals surface area contributed by atoms with Gasteiger partial charge in [0.2, 0.25) is 0 Å². The van der Waals surface area contributed by atoms with Crippen LogP contribution in [0.25, 0.3) is 0 Å². The van der Waals surface area contributed by atoms with Crippen molar-refractivity contribution >= 4 is 5.78 Å². The summed E-state index contributed by atoms with van der Waals surface area (Å²) >= 11 is 0. The van der Waals surface area contributed by atoms with Crippen LogP contribution in [0.15, 0.2) is 12.1 Å². The molecular formula is C11H9F3O. The smallest absolute Gasteiger partial charge is 0.168 e. The zero-order valence-electron chi connectivity index (χ0n) is 7.90. The number of hydrogen-bond donors (Lipinski definition) is 0. The Balaban J connectivity index is 2.34. The molecule has 4 heteroatoms. The van der Waals surface area contributed by atoms with Crippen LogP contribution in [0.4, 0.5) is 13.2 Å². The average Bonchev–Trinajstić information content (AvgIpc) is 2.08. The molecule has 0 atom stereocenters. The zero-order valence-corrected chi connectivity index (χ0v) is 7.90. The summed E-state index contributed by atoms with van der Waals surface area (Å²) in [6.07, 6.45) is 2.34. The van der Waals surface area contributed by atoms with E-state index in [-0.39, 0.29) is 11.5 Å². The third kappa shape index (κ3) is 1.76. The van der Waals surface area contributed by atoms with Crippen molar-refractivity contribution in [1.29, 1.82) is 0 Å². The van der Waals surface area contributed by atoms with Crippen LogP contribution in [0.3, 0.4) is 0 Å². The van der Waals surface area contributed by atoms with Gasteiger partial charge >= 0.3 is 0 Å². The molecule has 0 saturated heterocycles. The molecule has 0 unspecified atom stereocenters. The highest BCUT2D eigenvalue weighted by Crippen LogP contribution is 2.30. The van der Waals surface area contributed by atoms with Gasteiger partial charge in [-0.1, -0.05) is 6.42 Å². The summed E-state index contributed by atoms with van der Waals surface area (Å²) in [6, 6.07) is 1.06. The molecule has 0 N–H and O–H groups in total. The molecule has 0 amide bonds. The maximum absolute atomic E-state index is 13.2. The van der Waals surface area contributed by atoms with Crippen molar-refractivity contribution in [2.24, 2.45) is 5.92 Å². The fourth-order valence-corrected chi connectivity index (χ4v) is 1.60. The highest BCUT2D eigenvalue weighted by atomic mass is 19.2. The quantitative estimate of drug-likeness (QED) is 0.546. The van der Waals surface area contributed by atoms with Gasteiger partial charge in [0.05, 0.1) is 5.56 Å². The topological polar surface area (TPSA) is 17.1 Å². The molecule has 0 aromatic heterocycles. The van der Waals surface area contributed by atoms with E-state index in [1.54, 1.807) is 0 Å². The Morgan fingerprint density at radius 2 is 1.67 bits per heavy atom. The van der Waals surface area contributed by atoms with Crippen LogP contribution in [0.2, 0.25) is 0 Å². The standard InChI is InChI=1S/C11H9F3O/c12-8-5-10(14)9(13)4-7(8)11(15)6-2-1-3-6/h4-6H,1-3H2. The van der Waals surface area contributed by atoms with Crippen molar-refractivity contribution in [3.63, 3.8) is 0 Å². The van der Waals surface area contributed by atoms with Gasteiger partial charge in [-0.2, -0.15) is 0 Å². The number of carbonyl (C=O) groups is 1. The number of benzene rings is 1. The molecule has 0 heterocycles. The van der Waals surface area contributed by atoms with Gasteiger partial charge in [-0.25, -0.2) is 13.2 Å². The minimum atomic E-state index is -1.27.